The average Bonchev–Trinajstić information content (AvgIpc) is 3.15. The lowest BCUT2D eigenvalue weighted by molar-refractivity contribution is 0.0889. The van der Waals surface area contributed by atoms with Gasteiger partial charge in [-0.15, -0.1) is 0 Å². The maximum atomic E-state index is 13.8. The minimum atomic E-state index is -0.414. The summed E-state index contributed by atoms with van der Waals surface area (Å²) in [6.45, 7) is 10.6. The summed E-state index contributed by atoms with van der Waals surface area (Å²) in [4.78, 5) is 13.8. The van der Waals surface area contributed by atoms with Gasteiger partial charge in [0.2, 0.25) is 0 Å². The van der Waals surface area contributed by atoms with Crippen LogP contribution < -0.4 is 10.6 Å². The number of carbonyl (C=O) groups excluding carboxylic acids is 1. The molecule has 0 fully saturated rings. The van der Waals surface area contributed by atoms with E-state index in [2.05, 4.69) is 74.7 Å². The molecule has 3 aromatic rings. The van der Waals surface area contributed by atoms with Crippen LogP contribution >= 0.6 is 0 Å². The van der Waals surface area contributed by atoms with Gasteiger partial charge in [0.05, 0.1) is 22.8 Å². The molecule has 168 valence electrons. The molecular formula is C27H34N4O. The zero-order valence-electron chi connectivity index (χ0n) is 19.8. The van der Waals surface area contributed by atoms with Gasteiger partial charge in [0.25, 0.3) is 5.91 Å². The van der Waals surface area contributed by atoms with Gasteiger partial charge >= 0.3 is 0 Å². The Bertz CT molecular complexity index is 1080. The van der Waals surface area contributed by atoms with Crippen LogP contribution in [0.5, 0.6) is 0 Å². The summed E-state index contributed by atoms with van der Waals surface area (Å²) in [5, 5.41) is 11.8. The van der Waals surface area contributed by atoms with Crippen LogP contribution in [0.3, 0.4) is 0 Å². The van der Waals surface area contributed by atoms with Crippen molar-refractivity contribution in [1.29, 1.82) is 0 Å². The molecule has 4 rings (SSSR count). The molecule has 1 atom stereocenters. The SMILES string of the molecule is CCC(CC)(NC(=O)c1c(C)nn2c1N[C@@H](c1ccccc1)CC2(C)C)c1ccccc1. The van der Waals surface area contributed by atoms with Gasteiger partial charge in [-0.2, -0.15) is 5.10 Å². The van der Waals surface area contributed by atoms with Crippen molar-refractivity contribution in [1.82, 2.24) is 15.1 Å². The standard InChI is InChI=1S/C27H34N4O/c1-6-27(7-2,21-16-12-9-13-17-21)29-25(32)23-19(3)30-31-24(23)28-22(18-26(31,4)5)20-14-10-8-11-15-20/h8-17,22,28H,6-7,18H2,1-5H3,(H,29,32)/t22-/m1/s1. The number of aromatic nitrogens is 2. The second kappa shape index (κ2) is 8.45. The van der Waals surface area contributed by atoms with Gasteiger partial charge in [0.1, 0.15) is 11.4 Å². The van der Waals surface area contributed by atoms with Gasteiger partial charge in [0, 0.05) is 0 Å². The smallest absolute Gasteiger partial charge is 0.257 e. The van der Waals surface area contributed by atoms with Crippen LogP contribution in [-0.4, -0.2) is 15.7 Å². The van der Waals surface area contributed by atoms with E-state index < -0.39 is 5.54 Å². The van der Waals surface area contributed by atoms with E-state index in [4.69, 9.17) is 5.10 Å². The van der Waals surface area contributed by atoms with Gasteiger partial charge in [0.15, 0.2) is 0 Å². The lowest BCUT2D eigenvalue weighted by Crippen LogP contribution is -2.45. The summed E-state index contributed by atoms with van der Waals surface area (Å²) in [5.74, 6) is 0.729. The summed E-state index contributed by atoms with van der Waals surface area (Å²) >= 11 is 0. The Morgan fingerprint density at radius 1 is 1.09 bits per heavy atom. The van der Waals surface area contributed by atoms with Crippen LogP contribution in [0.2, 0.25) is 0 Å². The number of rotatable bonds is 6. The van der Waals surface area contributed by atoms with Crippen molar-refractivity contribution in [2.45, 2.75) is 71.0 Å². The van der Waals surface area contributed by atoms with Crippen molar-refractivity contribution >= 4 is 11.7 Å². The minimum Gasteiger partial charge on any atom is -0.363 e. The predicted octanol–water partition coefficient (Wildman–Crippen LogP) is 5.93. The zero-order valence-corrected chi connectivity index (χ0v) is 19.8. The van der Waals surface area contributed by atoms with Crippen LogP contribution in [0.4, 0.5) is 5.82 Å². The molecule has 1 aliphatic heterocycles. The van der Waals surface area contributed by atoms with E-state index >= 15 is 0 Å². The van der Waals surface area contributed by atoms with Crippen molar-refractivity contribution in [3.8, 4) is 0 Å². The second-order valence-corrected chi connectivity index (χ2v) is 9.45. The topological polar surface area (TPSA) is 59.0 Å². The van der Waals surface area contributed by atoms with Crippen LogP contribution in [-0.2, 0) is 11.1 Å². The van der Waals surface area contributed by atoms with E-state index in [-0.39, 0.29) is 17.5 Å². The fourth-order valence-corrected chi connectivity index (χ4v) is 5.00. The molecule has 5 heteroatoms. The number of aryl methyl sites for hydroxylation is 1. The maximum Gasteiger partial charge on any atom is 0.257 e. The van der Waals surface area contributed by atoms with Crippen LogP contribution in [0.15, 0.2) is 60.7 Å². The van der Waals surface area contributed by atoms with E-state index in [1.54, 1.807) is 0 Å². The predicted molar refractivity (Wildman–Crippen MR) is 130 cm³/mol. The zero-order chi connectivity index (χ0) is 22.9. The summed E-state index contributed by atoms with van der Waals surface area (Å²) in [5.41, 5.74) is 3.12. The first-order valence-electron chi connectivity index (χ1n) is 11.6. The Morgan fingerprint density at radius 3 is 2.28 bits per heavy atom. The van der Waals surface area contributed by atoms with Gasteiger partial charge in [-0.3, -0.25) is 4.79 Å². The Labute approximate surface area is 191 Å². The monoisotopic (exact) mass is 430 g/mol. The number of nitrogens with one attached hydrogen (secondary N) is 2. The quantitative estimate of drug-likeness (QED) is 0.510. The van der Waals surface area contributed by atoms with Gasteiger partial charge in [-0.05, 0) is 51.2 Å². The summed E-state index contributed by atoms with van der Waals surface area (Å²) < 4.78 is 2.00. The number of anilines is 1. The Kier molecular flexibility index (Phi) is 5.85. The third kappa shape index (κ3) is 3.81. The lowest BCUT2D eigenvalue weighted by atomic mass is 9.84. The molecule has 1 amide bonds. The Morgan fingerprint density at radius 2 is 1.69 bits per heavy atom. The van der Waals surface area contributed by atoms with Gasteiger partial charge < -0.3 is 10.6 Å². The van der Waals surface area contributed by atoms with E-state index in [0.29, 0.717) is 5.56 Å². The highest BCUT2D eigenvalue weighted by atomic mass is 16.2. The molecular weight excluding hydrogens is 396 g/mol. The molecule has 0 aliphatic carbocycles. The molecule has 2 heterocycles. The highest BCUT2D eigenvalue weighted by Gasteiger charge is 2.39. The minimum absolute atomic E-state index is 0.0756. The number of fused-ring (bicyclic) bond motifs is 1. The van der Waals surface area contributed by atoms with E-state index in [0.717, 1.165) is 36.3 Å². The first-order chi connectivity index (χ1) is 15.3. The van der Waals surface area contributed by atoms with E-state index in [1.165, 1.54) is 5.56 Å². The normalized spacial score (nSPS) is 17.3. The van der Waals surface area contributed by atoms with Gasteiger partial charge in [-0.25, -0.2) is 4.68 Å². The molecule has 0 saturated carbocycles. The van der Waals surface area contributed by atoms with E-state index in [1.807, 2.05) is 35.9 Å². The Balaban J connectivity index is 1.73. The molecule has 0 spiro atoms. The van der Waals surface area contributed by atoms with Crippen molar-refractivity contribution in [2.24, 2.45) is 0 Å². The molecule has 0 saturated heterocycles. The molecule has 0 radical (unpaired) electrons. The fraction of sp³-hybridized carbons (Fsp3) is 0.407. The molecule has 1 aromatic heterocycles. The van der Waals surface area contributed by atoms with Crippen LogP contribution in [0.25, 0.3) is 0 Å². The number of nitrogens with zero attached hydrogens (tertiary/aromatic N) is 2. The summed E-state index contributed by atoms with van der Waals surface area (Å²) in [6.07, 6.45) is 2.52. The van der Waals surface area contributed by atoms with Crippen LogP contribution in [0, 0.1) is 6.92 Å². The van der Waals surface area contributed by atoms with Crippen LogP contribution in [0.1, 0.15) is 80.2 Å². The lowest BCUT2D eigenvalue weighted by Gasteiger charge is -2.38. The van der Waals surface area contributed by atoms with E-state index in [9.17, 15) is 4.79 Å². The highest BCUT2D eigenvalue weighted by molar-refractivity contribution is 6.00. The molecule has 1 aliphatic rings. The molecule has 2 N–H and O–H groups in total. The molecule has 2 aromatic carbocycles. The van der Waals surface area contributed by atoms with Gasteiger partial charge in [-0.1, -0.05) is 74.5 Å². The Hall–Kier alpha value is -3.08. The number of amides is 1. The second-order valence-electron chi connectivity index (χ2n) is 9.45. The number of hydrogen-bond donors (Lipinski definition) is 2. The first kappa shape index (κ1) is 22.1. The number of carbonyl (C=O) groups is 1. The van der Waals surface area contributed by atoms with Crippen molar-refractivity contribution in [2.75, 3.05) is 5.32 Å². The van der Waals surface area contributed by atoms with Crippen molar-refractivity contribution in [3.05, 3.63) is 83.0 Å². The number of benzene rings is 2. The fourth-order valence-electron chi connectivity index (χ4n) is 5.00. The summed E-state index contributed by atoms with van der Waals surface area (Å²) in [7, 11) is 0. The molecule has 5 nitrogen and oxygen atoms in total. The van der Waals surface area contributed by atoms with Crippen molar-refractivity contribution in [3.63, 3.8) is 0 Å². The molecule has 32 heavy (non-hydrogen) atoms. The van der Waals surface area contributed by atoms with Crippen molar-refractivity contribution < 1.29 is 4.79 Å². The average molecular weight is 431 g/mol. The summed E-state index contributed by atoms with van der Waals surface area (Å²) in [6, 6.07) is 20.8. The highest BCUT2D eigenvalue weighted by Crippen LogP contribution is 2.41. The maximum absolute atomic E-state index is 13.8. The molecule has 0 bridgehead atoms. The first-order valence-corrected chi connectivity index (χ1v) is 11.6. The molecule has 0 unspecified atom stereocenters. The number of hydrogen-bond acceptors (Lipinski definition) is 3. The largest absolute Gasteiger partial charge is 0.363 e. The third-order valence-electron chi connectivity index (χ3n) is 6.96. The third-order valence-corrected chi connectivity index (χ3v) is 6.96.